The van der Waals surface area contributed by atoms with Gasteiger partial charge in [-0.3, -0.25) is 9.71 Å². The summed E-state index contributed by atoms with van der Waals surface area (Å²) in [5, 5.41) is 3.84. The Morgan fingerprint density at radius 3 is 2.46 bits per heavy atom. The van der Waals surface area contributed by atoms with E-state index < -0.39 is 34.0 Å². The largest absolute Gasteiger partial charge is 0.457 e. The number of rotatable bonds is 9. The number of nitrogens with one attached hydrogen (secondary N) is 1. The standard InChI is InChI=1S/C23H21F3N6O4S/c1-2-11-37(33,34)32-20-22(29-16-6-4-3-5-15(16)28-20)35-18(23(24,25)26)14-9-10-17(27-12-14)19-30-21(36-31-19)13-7-8-13/h3-6,9-10,12-13,18H,2,7-8,11H2,1H3,(H,28,32). The molecule has 1 fully saturated rings. The van der Waals surface area contributed by atoms with Crippen LogP contribution in [0.1, 0.15) is 49.7 Å². The Balaban J connectivity index is 1.48. The van der Waals surface area contributed by atoms with Gasteiger partial charge in [0.2, 0.25) is 33.7 Å². The molecule has 1 atom stereocenters. The summed E-state index contributed by atoms with van der Waals surface area (Å²) in [4.78, 5) is 16.6. The Bertz CT molecular complexity index is 1520. The van der Waals surface area contributed by atoms with Gasteiger partial charge in [0, 0.05) is 17.7 Å². The molecule has 0 amide bonds. The fraction of sp³-hybridized carbons (Fsp3) is 0.348. The third-order valence-corrected chi connectivity index (χ3v) is 6.93. The average Bonchev–Trinajstić information content (AvgIpc) is 3.58. The number of halogens is 3. The van der Waals surface area contributed by atoms with E-state index in [2.05, 4.69) is 29.8 Å². The molecule has 1 N–H and O–H groups in total. The van der Waals surface area contributed by atoms with Crippen molar-refractivity contribution in [3.63, 3.8) is 0 Å². The molecule has 14 heteroatoms. The minimum Gasteiger partial charge on any atom is -0.457 e. The Kier molecular flexibility index (Phi) is 6.43. The van der Waals surface area contributed by atoms with Crippen molar-refractivity contribution in [3.05, 3.63) is 54.0 Å². The van der Waals surface area contributed by atoms with Crippen molar-refractivity contribution in [1.82, 2.24) is 25.1 Å². The molecule has 194 valence electrons. The highest BCUT2D eigenvalue weighted by Crippen LogP contribution is 2.40. The summed E-state index contributed by atoms with van der Waals surface area (Å²) in [6.07, 6.45) is -4.21. The highest BCUT2D eigenvalue weighted by atomic mass is 32.2. The maximum atomic E-state index is 14.1. The smallest absolute Gasteiger partial charge is 0.429 e. The van der Waals surface area contributed by atoms with E-state index in [0.717, 1.165) is 19.0 Å². The Labute approximate surface area is 209 Å². The van der Waals surface area contributed by atoms with E-state index >= 15 is 0 Å². The van der Waals surface area contributed by atoms with Gasteiger partial charge in [0.1, 0.15) is 5.69 Å². The van der Waals surface area contributed by atoms with Crippen molar-refractivity contribution in [2.45, 2.75) is 44.4 Å². The first-order chi connectivity index (χ1) is 17.6. The fourth-order valence-corrected chi connectivity index (χ4v) is 4.63. The van der Waals surface area contributed by atoms with Crippen LogP contribution in [0, 0.1) is 0 Å². The molecule has 10 nitrogen and oxygen atoms in total. The van der Waals surface area contributed by atoms with Gasteiger partial charge in [0.15, 0.2) is 0 Å². The van der Waals surface area contributed by atoms with Crippen molar-refractivity contribution in [1.29, 1.82) is 0 Å². The quantitative estimate of drug-likeness (QED) is 0.322. The van der Waals surface area contributed by atoms with E-state index in [1.807, 2.05) is 0 Å². The lowest BCUT2D eigenvalue weighted by molar-refractivity contribution is -0.198. The lowest BCUT2D eigenvalue weighted by atomic mass is 10.1. The molecule has 1 aromatic carbocycles. The normalized spacial score (nSPS) is 15.0. The number of anilines is 1. The summed E-state index contributed by atoms with van der Waals surface area (Å²) in [5.41, 5.74) is 0.413. The Morgan fingerprint density at radius 1 is 1.11 bits per heavy atom. The summed E-state index contributed by atoms with van der Waals surface area (Å²) in [6.45, 7) is 1.65. The molecule has 0 aliphatic heterocycles. The SMILES string of the molecule is CCCS(=O)(=O)Nc1nc2ccccc2nc1OC(c1ccc(-c2noc(C3CC3)n2)nc1)C(F)(F)F. The molecule has 1 aliphatic carbocycles. The second kappa shape index (κ2) is 9.57. The van der Waals surface area contributed by atoms with Crippen LogP contribution >= 0.6 is 0 Å². The van der Waals surface area contributed by atoms with Crippen LogP contribution in [0.4, 0.5) is 19.0 Å². The number of benzene rings is 1. The second-order valence-electron chi connectivity index (χ2n) is 8.53. The number of nitrogens with zero attached hydrogens (tertiary/aromatic N) is 5. The monoisotopic (exact) mass is 534 g/mol. The first-order valence-electron chi connectivity index (χ1n) is 11.4. The van der Waals surface area contributed by atoms with Crippen LogP contribution in [-0.2, 0) is 10.0 Å². The maximum absolute atomic E-state index is 14.1. The first-order valence-corrected chi connectivity index (χ1v) is 13.1. The van der Waals surface area contributed by atoms with Crippen LogP contribution in [0.2, 0.25) is 0 Å². The number of hydrogen-bond donors (Lipinski definition) is 1. The third kappa shape index (κ3) is 5.63. The zero-order valence-electron chi connectivity index (χ0n) is 19.4. The molecule has 5 rings (SSSR count). The summed E-state index contributed by atoms with van der Waals surface area (Å²) in [7, 11) is -3.90. The van der Waals surface area contributed by atoms with Crippen LogP contribution in [0.25, 0.3) is 22.6 Å². The highest BCUT2D eigenvalue weighted by molar-refractivity contribution is 7.92. The molecule has 1 saturated carbocycles. The van der Waals surface area contributed by atoms with Crippen LogP contribution in [0.15, 0.2) is 47.1 Å². The van der Waals surface area contributed by atoms with Crippen LogP contribution in [0.3, 0.4) is 0 Å². The van der Waals surface area contributed by atoms with Crippen LogP contribution in [-0.4, -0.2) is 45.4 Å². The van der Waals surface area contributed by atoms with Crippen molar-refractivity contribution in [2.75, 3.05) is 10.5 Å². The van der Waals surface area contributed by atoms with Crippen LogP contribution in [0.5, 0.6) is 5.88 Å². The van der Waals surface area contributed by atoms with E-state index in [4.69, 9.17) is 9.26 Å². The van der Waals surface area contributed by atoms with Crippen molar-refractivity contribution < 1.29 is 30.8 Å². The molecule has 1 unspecified atom stereocenters. The first kappa shape index (κ1) is 24.9. The fourth-order valence-electron chi connectivity index (χ4n) is 3.56. The number of aromatic nitrogens is 5. The molecule has 0 radical (unpaired) electrons. The highest BCUT2D eigenvalue weighted by Gasteiger charge is 2.44. The summed E-state index contributed by atoms with van der Waals surface area (Å²) in [5.74, 6) is -0.442. The lowest BCUT2D eigenvalue weighted by Gasteiger charge is -2.22. The van der Waals surface area contributed by atoms with Gasteiger partial charge >= 0.3 is 6.18 Å². The van der Waals surface area contributed by atoms with Gasteiger partial charge in [-0.25, -0.2) is 18.4 Å². The molecule has 0 bridgehead atoms. The van der Waals surface area contributed by atoms with Crippen LogP contribution < -0.4 is 9.46 Å². The van der Waals surface area contributed by atoms with Crippen molar-refractivity contribution in [2.24, 2.45) is 0 Å². The average molecular weight is 535 g/mol. The van der Waals surface area contributed by atoms with Gasteiger partial charge in [-0.1, -0.05) is 30.3 Å². The number of para-hydroxylation sites is 2. The molecule has 3 heterocycles. The van der Waals surface area contributed by atoms with E-state index in [0.29, 0.717) is 5.89 Å². The van der Waals surface area contributed by atoms with Gasteiger partial charge in [0.25, 0.3) is 5.88 Å². The number of sulfonamides is 1. The number of fused-ring (bicyclic) bond motifs is 1. The van der Waals surface area contributed by atoms with Gasteiger partial charge in [-0.05, 0) is 37.5 Å². The number of pyridine rings is 1. The molecule has 4 aromatic rings. The zero-order chi connectivity index (χ0) is 26.2. The molecule has 0 saturated heterocycles. The summed E-state index contributed by atoms with van der Waals surface area (Å²) in [6, 6.07) is 8.86. The van der Waals surface area contributed by atoms with Gasteiger partial charge in [0.05, 0.1) is 16.8 Å². The molecular formula is C23H21F3N6O4S. The number of ether oxygens (including phenoxy) is 1. The van der Waals surface area contributed by atoms with Gasteiger partial charge < -0.3 is 9.26 Å². The van der Waals surface area contributed by atoms with Crippen molar-refractivity contribution >= 4 is 26.9 Å². The topological polar surface area (TPSA) is 133 Å². The summed E-state index contributed by atoms with van der Waals surface area (Å²) < 4.78 is 79.8. The zero-order valence-corrected chi connectivity index (χ0v) is 20.3. The Hall–Kier alpha value is -3.81. The lowest BCUT2D eigenvalue weighted by Crippen LogP contribution is -2.27. The number of alkyl halides is 3. The third-order valence-electron chi connectivity index (χ3n) is 5.48. The molecule has 0 spiro atoms. The number of hydrogen-bond acceptors (Lipinski definition) is 9. The second-order valence-corrected chi connectivity index (χ2v) is 10.4. The van der Waals surface area contributed by atoms with E-state index in [-0.39, 0.29) is 46.2 Å². The minimum atomic E-state index is -4.89. The maximum Gasteiger partial charge on any atom is 0.429 e. The van der Waals surface area contributed by atoms with Gasteiger partial charge in [-0.2, -0.15) is 18.2 Å². The van der Waals surface area contributed by atoms with E-state index in [1.165, 1.54) is 18.2 Å². The molecule has 1 aliphatic rings. The molecule has 3 aromatic heterocycles. The van der Waals surface area contributed by atoms with Crippen molar-refractivity contribution in [3.8, 4) is 17.4 Å². The summed E-state index contributed by atoms with van der Waals surface area (Å²) >= 11 is 0. The Morgan fingerprint density at radius 2 is 1.84 bits per heavy atom. The molecule has 37 heavy (non-hydrogen) atoms. The predicted molar refractivity (Wildman–Crippen MR) is 126 cm³/mol. The molecular weight excluding hydrogens is 513 g/mol. The van der Waals surface area contributed by atoms with Gasteiger partial charge in [-0.15, -0.1) is 0 Å². The van der Waals surface area contributed by atoms with E-state index in [9.17, 15) is 21.6 Å². The predicted octanol–water partition coefficient (Wildman–Crippen LogP) is 4.79. The van der Waals surface area contributed by atoms with E-state index in [1.54, 1.807) is 25.1 Å². The minimum absolute atomic E-state index is 0.172.